The van der Waals surface area contributed by atoms with Crippen LogP contribution in [0.1, 0.15) is 25.7 Å². The van der Waals surface area contributed by atoms with E-state index in [1.54, 1.807) is 0 Å². The summed E-state index contributed by atoms with van der Waals surface area (Å²) in [5.41, 5.74) is 0. The maximum atomic E-state index is 6.11. The molecule has 0 unspecified atom stereocenters. The van der Waals surface area contributed by atoms with E-state index in [9.17, 15) is 0 Å². The van der Waals surface area contributed by atoms with E-state index < -0.39 is 0 Å². The first kappa shape index (κ1) is 14.0. The number of fused-ring (bicyclic) bond motifs is 1. The highest BCUT2D eigenvalue weighted by atomic mass is 35.5. The van der Waals surface area contributed by atoms with Crippen LogP contribution in [0, 0.1) is 0 Å². The van der Waals surface area contributed by atoms with Crippen molar-refractivity contribution in [3.05, 3.63) is 29.4 Å². The molecule has 0 saturated heterocycles. The Bertz CT molecular complexity index is 611. The van der Waals surface area contributed by atoms with Gasteiger partial charge in [-0.3, -0.25) is 0 Å². The Kier molecular flexibility index (Phi) is 4.03. The van der Waals surface area contributed by atoms with Crippen molar-refractivity contribution in [2.24, 2.45) is 0 Å². The number of hydrogen-bond acceptors (Lipinski definition) is 4. The summed E-state index contributed by atoms with van der Waals surface area (Å²) < 4.78 is 0.350. The Morgan fingerprint density at radius 2 is 1.90 bits per heavy atom. The Labute approximate surface area is 128 Å². The average molecular weight is 308 g/mol. The van der Waals surface area contributed by atoms with Crippen LogP contribution in [-0.2, 0) is 0 Å². The van der Waals surface area contributed by atoms with Crippen LogP contribution >= 0.6 is 23.4 Å². The molecule has 0 aliphatic heterocycles. The van der Waals surface area contributed by atoms with Gasteiger partial charge in [0.1, 0.15) is 0 Å². The fourth-order valence-corrected chi connectivity index (χ4v) is 4.03. The summed E-state index contributed by atoms with van der Waals surface area (Å²) in [5, 5.41) is 14.2. The van der Waals surface area contributed by atoms with Gasteiger partial charge in [0.2, 0.25) is 0 Å². The topological polar surface area (TPSA) is 37.8 Å². The normalized spacial score (nSPS) is 17.5. The lowest BCUT2D eigenvalue weighted by Gasteiger charge is -2.27. The largest absolute Gasteiger partial charge is 0.367 e. The zero-order valence-electron chi connectivity index (χ0n) is 11.5. The molecule has 0 atom stereocenters. The molecule has 1 aromatic carbocycles. The van der Waals surface area contributed by atoms with Gasteiger partial charge in [0.05, 0.1) is 0 Å². The highest BCUT2D eigenvalue weighted by molar-refractivity contribution is 8.00. The zero-order chi connectivity index (χ0) is 14.0. The lowest BCUT2D eigenvalue weighted by atomic mass is 10.1. The van der Waals surface area contributed by atoms with Gasteiger partial charge in [0.15, 0.2) is 11.0 Å². The number of aromatic nitrogens is 2. The molecule has 1 saturated carbocycles. The first-order valence-electron chi connectivity index (χ1n) is 6.94. The van der Waals surface area contributed by atoms with E-state index in [1.165, 1.54) is 25.7 Å². The van der Waals surface area contributed by atoms with Gasteiger partial charge in [-0.25, -0.2) is 0 Å². The predicted molar refractivity (Wildman–Crippen MR) is 87.8 cm³/mol. The minimum absolute atomic E-state index is 0.350. The van der Waals surface area contributed by atoms with Gasteiger partial charge in [-0.1, -0.05) is 48.7 Å². The third-order valence-electron chi connectivity index (χ3n) is 4.17. The molecule has 2 aromatic rings. The number of halogens is 1. The number of nitrogens with one attached hydrogen (secondary N) is 1. The molecule has 1 aliphatic carbocycles. The van der Waals surface area contributed by atoms with Gasteiger partial charge < -0.3 is 5.32 Å². The molecule has 1 aromatic heterocycles. The number of rotatable bonds is 4. The monoisotopic (exact) mass is 307 g/mol. The van der Waals surface area contributed by atoms with Gasteiger partial charge in [-0.05, 0) is 19.1 Å². The zero-order valence-corrected chi connectivity index (χ0v) is 13.1. The van der Waals surface area contributed by atoms with E-state index in [0.717, 1.165) is 23.1 Å². The lowest BCUT2D eigenvalue weighted by Crippen LogP contribution is -2.30. The number of nitrogens with zero attached hydrogens (tertiary/aromatic N) is 2. The van der Waals surface area contributed by atoms with Crippen LogP contribution in [0.25, 0.3) is 10.8 Å². The third-order valence-corrected chi connectivity index (χ3v) is 5.87. The number of thioether (sulfide) groups is 1. The van der Waals surface area contributed by atoms with Crippen LogP contribution in [0.5, 0.6) is 0 Å². The van der Waals surface area contributed by atoms with Crippen molar-refractivity contribution >= 4 is 40.0 Å². The minimum atomic E-state index is 0.350. The van der Waals surface area contributed by atoms with Crippen molar-refractivity contribution < 1.29 is 0 Å². The van der Waals surface area contributed by atoms with Gasteiger partial charge in [0, 0.05) is 22.1 Å². The molecule has 0 bridgehead atoms. The predicted octanol–water partition coefficient (Wildman–Crippen LogP) is 4.37. The maximum Gasteiger partial charge on any atom is 0.159 e. The molecule has 5 heteroatoms. The van der Waals surface area contributed by atoms with Crippen LogP contribution in [0.2, 0.25) is 5.15 Å². The molecule has 3 rings (SSSR count). The molecule has 0 radical (unpaired) electrons. The highest BCUT2D eigenvalue weighted by Crippen LogP contribution is 2.40. The van der Waals surface area contributed by atoms with Gasteiger partial charge in [-0.15, -0.1) is 10.2 Å². The molecule has 20 heavy (non-hydrogen) atoms. The first-order chi connectivity index (χ1) is 9.74. The second-order valence-corrected chi connectivity index (χ2v) is 6.97. The Morgan fingerprint density at radius 1 is 1.20 bits per heavy atom. The van der Waals surface area contributed by atoms with Crippen molar-refractivity contribution in [3.8, 4) is 0 Å². The van der Waals surface area contributed by atoms with Crippen LogP contribution in [0.4, 0.5) is 5.82 Å². The minimum Gasteiger partial charge on any atom is -0.367 e. The third kappa shape index (κ3) is 2.59. The van der Waals surface area contributed by atoms with E-state index in [2.05, 4.69) is 21.8 Å². The number of benzene rings is 1. The fraction of sp³-hybridized carbons (Fsp3) is 0.467. The Balaban J connectivity index is 1.86. The van der Waals surface area contributed by atoms with Crippen molar-refractivity contribution in [2.45, 2.75) is 30.4 Å². The summed E-state index contributed by atoms with van der Waals surface area (Å²) in [5.74, 6) is 0.838. The molecule has 106 valence electrons. The fourth-order valence-electron chi connectivity index (χ4n) is 2.92. The van der Waals surface area contributed by atoms with Crippen molar-refractivity contribution in [3.63, 3.8) is 0 Å². The van der Waals surface area contributed by atoms with Gasteiger partial charge >= 0.3 is 0 Å². The maximum absolute atomic E-state index is 6.11. The Hall–Kier alpha value is -1.00. The quantitative estimate of drug-likeness (QED) is 0.910. The van der Waals surface area contributed by atoms with Crippen LogP contribution in [0.3, 0.4) is 0 Å². The molecule has 0 spiro atoms. The molecule has 1 aliphatic rings. The van der Waals surface area contributed by atoms with Gasteiger partial charge in [-0.2, -0.15) is 11.8 Å². The van der Waals surface area contributed by atoms with Crippen molar-refractivity contribution in [1.29, 1.82) is 0 Å². The summed E-state index contributed by atoms with van der Waals surface area (Å²) in [6, 6.07) is 8.00. The number of hydrogen-bond donors (Lipinski definition) is 1. The first-order valence-corrected chi connectivity index (χ1v) is 8.54. The average Bonchev–Trinajstić information content (AvgIpc) is 2.96. The summed E-state index contributed by atoms with van der Waals surface area (Å²) >= 11 is 8.08. The summed E-state index contributed by atoms with van der Waals surface area (Å²) in [6.45, 7) is 0.939. The van der Waals surface area contributed by atoms with Crippen LogP contribution in [-0.4, -0.2) is 27.7 Å². The molecule has 1 heterocycles. The van der Waals surface area contributed by atoms with Crippen LogP contribution in [0.15, 0.2) is 24.3 Å². The molecule has 0 amide bonds. The Morgan fingerprint density at radius 3 is 2.60 bits per heavy atom. The molecule has 3 nitrogen and oxygen atoms in total. The molecular formula is C15H18ClN3S. The molecule has 1 fully saturated rings. The van der Waals surface area contributed by atoms with E-state index in [0.29, 0.717) is 9.90 Å². The van der Waals surface area contributed by atoms with E-state index in [4.69, 9.17) is 11.6 Å². The van der Waals surface area contributed by atoms with Gasteiger partial charge in [0.25, 0.3) is 0 Å². The SMILES string of the molecule is CSC1(CNc2nnc(Cl)c3ccccc23)CCCC1. The van der Waals surface area contributed by atoms with Crippen LogP contribution < -0.4 is 5.32 Å². The number of anilines is 1. The second kappa shape index (κ2) is 5.78. The van der Waals surface area contributed by atoms with Crippen molar-refractivity contribution in [1.82, 2.24) is 10.2 Å². The van der Waals surface area contributed by atoms with Crippen molar-refractivity contribution in [2.75, 3.05) is 18.1 Å². The van der Waals surface area contributed by atoms with E-state index >= 15 is 0 Å². The summed E-state index contributed by atoms with van der Waals surface area (Å²) in [6.07, 6.45) is 7.42. The molecule has 1 N–H and O–H groups in total. The lowest BCUT2D eigenvalue weighted by molar-refractivity contribution is 0.638. The summed E-state index contributed by atoms with van der Waals surface area (Å²) in [4.78, 5) is 0. The molecular weight excluding hydrogens is 290 g/mol. The van der Waals surface area contributed by atoms with E-state index in [-0.39, 0.29) is 0 Å². The summed E-state index contributed by atoms with van der Waals surface area (Å²) in [7, 11) is 0. The standard InChI is InChI=1S/C15H18ClN3S/c1-20-15(8-4-5-9-15)10-17-14-12-7-3-2-6-11(12)13(16)18-19-14/h2-3,6-7H,4-5,8-10H2,1H3,(H,17,19). The second-order valence-electron chi connectivity index (χ2n) is 5.33. The smallest absolute Gasteiger partial charge is 0.159 e. The highest BCUT2D eigenvalue weighted by Gasteiger charge is 2.32. The van der Waals surface area contributed by atoms with E-state index in [1.807, 2.05) is 36.0 Å².